The number of carbonyl (C=O) groups is 1. The molecule has 0 aliphatic rings. The van der Waals surface area contributed by atoms with Gasteiger partial charge in [0.2, 0.25) is 0 Å². The molecule has 18 heavy (non-hydrogen) atoms. The fraction of sp³-hybridized carbons (Fsp3) is 0.385. The number of hydrogen-bond acceptors (Lipinski definition) is 4. The van der Waals surface area contributed by atoms with Crippen molar-refractivity contribution in [1.82, 2.24) is 9.38 Å². The number of carbonyl (C=O) groups excluding carboxylic acids is 1. The second-order valence-electron chi connectivity index (χ2n) is 5.13. The van der Waals surface area contributed by atoms with Crippen LogP contribution in [0.3, 0.4) is 0 Å². The van der Waals surface area contributed by atoms with Gasteiger partial charge in [0.15, 0.2) is 5.69 Å². The zero-order valence-electron chi connectivity index (χ0n) is 10.8. The molecule has 2 N–H and O–H groups in total. The summed E-state index contributed by atoms with van der Waals surface area (Å²) in [6.07, 6.45) is 3.51. The number of nitrogens with two attached hydrogens (primary N) is 1. The third kappa shape index (κ3) is 2.68. The normalized spacial score (nSPS) is 11.8. The average Bonchev–Trinajstić information content (AvgIpc) is 2.69. The Morgan fingerprint density at radius 2 is 2.11 bits per heavy atom. The lowest BCUT2D eigenvalue weighted by Crippen LogP contribution is -2.24. The van der Waals surface area contributed by atoms with E-state index in [1.807, 2.05) is 39.1 Å². The molecule has 0 radical (unpaired) electrons. The molecule has 2 aromatic rings. The van der Waals surface area contributed by atoms with Gasteiger partial charge in [-0.05, 0) is 32.4 Å². The van der Waals surface area contributed by atoms with Crippen LogP contribution in [0.5, 0.6) is 0 Å². The standard InChI is InChI=1S/C13H17N3O2/c1-13(2,3)18-12(17)10-8-16-7-9(6-14)4-5-11(16)15-10/h4-5,7-8H,6,14H2,1-3H3. The number of ether oxygens (including phenoxy) is 1. The van der Waals surface area contributed by atoms with Gasteiger partial charge in [-0.3, -0.25) is 0 Å². The highest BCUT2D eigenvalue weighted by atomic mass is 16.6. The minimum atomic E-state index is -0.519. The summed E-state index contributed by atoms with van der Waals surface area (Å²) >= 11 is 0. The van der Waals surface area contributed by atoms with Crippen LogP contribution in [-0.4, -0.2) is 21.0 Å². The minimum absolute atomic E-state index is 0.305. The van der Waals surface area contributed by atoms with Gasteiger partial charge in [-0.2, -0.15) is 0 Å². The number of fused-ring (bicyclic) bond motifs is 1. The first kappa shape index (κ1) is 12.6. The molecule has 0 aromatic carbocycles. The molecule has 0 atom stereocenters. The van der Waals surface area contributed by atoms with E-state index in [1.165, 1.54) is 0 Å². The van der Waals surface area contributed by atoms with Gasteiger partial charge in [-0.15, -0.1) is 0 Å². The minimum Gasteiger partial charge on any atom is -0.455 e. The summed E-state index contributed by atoms with van der Waals surface area (Å²) in [4.78, 5) is 16.1. The highest BCUT2D eigenvalue weighted by Crippen LogP contribution is 2.13. The van der Waals surface area contributed by atoms with Crippen molar-refractivity contribution < 1.29 is 9.53 Å². The molecule has 2 rings (SSSR count). The maximum absolute atomic E-state index is 11.9. The van der Waals surface area contributed by atoms with Gasteiger partial charge >= 0.3 is 5.97 Å². The van der Waals surface area contributed by atoms with Crippen LogP contribution in [0, 0.1) is 0 Å². The lowest BCUT2D eigenvalue weighted by atomic mass is 10.2. The van der Waals surface area contributed by atoms with Crippen molar-refractivity contribution >= 4 is 11.6 Å². The predicted octanol–water partition coefficient (Wildman–Crippen LogP) is 1.75. The SMILES string of the molecule is CC(C)(C)OC(=O)c1cn2cc(CN)ccc2n1. The Balaban J connectivity index is 2.32. The third-order valence-corrected chi connectivity index (χ3v) is 2.36. The molecule has 5 heteroatoms. The van der Waals surface area contributed by atoms with Crippen molar-refractivity contribution in [3.63, 3.8) is 0 Å². The maximum atomic E-state index is 11.9. The van der Waals surface area contributed by atoms with Gasteiger partial charge in [0.1, 0.15) is 11.2 Å². The summed E-state index contributed by atoms with van der Waals surface area (Å²) in [7, 11) is 0. The van der Waals surface area contributed by atoms with Crippen LogP contribution < -0.4 is 5.73 Å². The Hall–Kier alpha value is -1.88. The molecule has 5 nitrogen and oxygen atoms in total. The number of rotatable bonds is 2. The molecule has 0 saturated heterocycles. The summed E-state index contributed by atoms with van der Waals surface area (Å²) in [6.45, 7) is 5.93. The van der Waals surface area contributed by atoms with Gasteiger partial charge in [0.25, 0.3) is 0 Å². The molecule has 0 aliphatic carbocycles. The summed E-state index contributed by atoms with van der Waals surface area (Å²) in [6, 6.07) is 3.72. The molecular weight excluding hydrogens is 230 g/mol. The molecule has 0 aliphatic heterocycles. The molecule has 0 spiro atoms. The number of esters is 1. The Morgan fingerprint density at radius 3 is 2.72 bits per heavy atom. The number of pyridine rings is 1. The quantitative estimate of drug-likeness (QED) is 0.821. The molecule has 0 bridgehead atoms. The van der Waals surface area contributed by atoms with Gasteiger partial charge in [-0.25, -0.2) is 9.78 Å². The van der Waals surface area contributed by atoms with Crippen LogP contribution in [0.4, 0.5) is 0 Å². The Labute approximate surface area is 106 Å². The number of nitrogens with zero attached hydrogens (tertiary/aromatic N) is 2. The van der Waals surface area contributed by atoms with E-state index in [9.17, 15) is 4.79 Å². The van der Waals surface area contributed by atoms with Gasteiger partial charge in [-0.1, -0.05) is 6.07 Å². The number of imidazole rings is 1. The Morgan fingerprint density at radius 1 is 1.39 bits per heavy atom. The van der Waals surface area contributed by atoms with Crippen molar-refractivity contribution in [2.45, 2.75) is 32.9 Å². The van der Waals surface area contributed by atoms with Crippen LogP contribution >= 0.6 is 0 Å². The highest BCUT2D eigenvalue weighted by Gasteiger charge is 2.20. The first-order valence-corrected chi connectivity index (χ1v) is 5.80. The smallest absolute Gasteiger partial charge is 0.359 e. The highest BCUT2D eigenvalue weighted by molar-refractivity contribution is 5.88. The zero-order chi connectivity index (χ0) is 13.3. The van der Waals surface area contributed by atoms with Gasteiger partial charge in [0, 0.05) is 18.9 Å². The van der Waals surface area contributed by atoms with Crippen molar-refractivity contribution in [3.05, 3.63) is 35.8 Å². The van der Waals surface area contributed by atoms with E-state index >= 15 is 0 Å². The summed E-state index contributed by atoms with van der Waals surface area (Å²) in [5, 5.41) is 0. The lowest BCUT2D eigenvalue weighted by Gasteiger charge is -2.18. The molecule has 2 heterocycles. The van der Waals surface area contributed by atoms with Gasteiger partial charge < -0.3 is 14.9 Å². The van der Waals surface area contributed by atoms with Crippen LogP contribution in [0.25, 0.3) is 5.65 Å². The van der Waals surface area contributed by atoms with Crippen LogP contribution in [-0.2, 0) is 11.3 Å². The van der Waals surface area contributed by atoms with E-state index in [0.29, 0.717) is 17.9 Å². The molecular formula is C13H17N3O2. The summed E-state index contributed by atoms with van der Waals surface area (Å²) in [5.74, 6) is -0.416. The van der Waals surface area contributed by atoms with Gasteiger partial charge in [0.05, 0.1) is 0 Å². The summed E-state index contributed by atoms with van der Waals surface area (Å²) < 4.78 is 7.05. The van der Waals surface area contributed by atoms with Crippen molar-refractivity contribution in [1.29, 1.82) is 0 Å². The van der Waals surface area contributed by atoms with Crippen molar-refractivity contribution in [3.8, 4) is 0 Å². The third-order valence-electron chi connectivity index (χ3n) is 2.36. The maximum Gasteiger partial charge on any atom is 0.359 e. The van der Waals surface area contributed by atoms with E-state index in [-0.39, 0.29) is 0 Å². The van der Waals surface area contributed by atoms with Crippen LogP contribution in [0.1, 0.15) is 36.8 Å². The van der Waals surface area contributed by atoms with Crippen molar-refractivity contribution in [2.75, 3.05) is 0 Å². The summed E-state index contributed by atoms with van der Waals surface area (Å²) in [5.41, 5.74) is 7.04. The van der Waals surface area contributed by atoms with E-state index in [4.69, 9.17) is 10.5 Å². The average molecular weight is 247 g/mol. The monoisotopic (exact) mass is 247 g/mol. The van der Waals surface area contributed by atoms with Crippen LogP contribution in [0.15, 0.2) is 24.5 Å². The molecule has 2 aromatic heterocycles. The second kappa shape index (κ2) is 4.42. The lowest BCUT2D eigenvalue weighted by molar-refractivity contribution is 0.00636. The van der Waals surface area contributed by atoms with E-state index in [2.05, 4.69) is 4.98 Å². The Kier molecular flexibility index (Phi) is 3.09. The molecule has 0 fully saturated rings. The van der Waals surface area contributed by atoms with E-state index in [1.54, 1.807) is 10.6 Å². The topological polar surface area (TPSA) is 69.6 Å². The van der Waals surface area contributed by atoms with E-state index in [0.717, 1.165) is 5.56 Å². The largest absolute Gasteiger partial charge is 0.455 e. The fourth-order valence-electron chi connectivity index (χ4n) is 1.59. The molecule has 96 valence electrons. The Bertz CT molecular complexity index is 581. The first-order chi connectivity index (χ1) is 8.39. The number of hydrogen-bond donors (Lipinski definition) is 1. The van der Waals surface area contributed by atoms with Crippen molar-refractivity contribution in [2.24, 2.45) is 5.73 Å². The first-order valence-electron chi connectivity index (χ1n) is 5.80. The predicted molar refractivity (Wildman–Crippen MR) is 68.3 cm³/mol. The second-order valence-corrected chi connectivity index (χ2v) is 5.13. The van der Waals surface area contributed by atoms with E-state index < -0.39 is 11.6 Å². The zero-order valence-corrected chi connectivity index (χ0v) is 10.8. The molecule has 0 unspecified atom stereocenters. The van der Waals surface area contributed by atoms with Crippen LogP contribution in [0.2, 0.25) is 0 Å². The number of aromatic nitrogens is 2. The fourth-order valence-corrected chi connectivity index (χ4v) is 1.59. The molecule has 0 saturated carbocycles. The molecule has 0 amide bonds.